The molecular formula is C14H18N2O3. The second-order valence-electron chi connectivity index (χ2n) is 4.54. The Balaban J connectivity index is 2.05. The molecule has 0 radical (unpaired) electrons. The molecule has 1 aliphatic heterocycles. The predicted molar refractivity (Wildman–Crippen MR) is 71.4 cm³/mol. The van der Waals surface area contributed by atoms with E-state index in [0.29, 0.717) is 17.9 Å². The SMILES string of the molecule is COc1ccccc1C(=O)CN1CCCNC(=O)C1. The van der Waals surface area contributed by atoms with Crippen molar-refractivity contribution in [2.45, 2.75) is 6.42 Å². The van der Waals surface area contributed by atoms with Gasteiger partial charge >= 0.3 is 0 Å². The number of hydrogen-bond donors (Lipinski definition) is 1. The molecule has 0 bridgehead atoms. The van der Waals surface area contributed by atoms with E-state index in [1.54, 1.807) is 19.2 Å². The minimum absolute atomic E-state index is 0.0212. The Morgan fingerprint density at radius 1 is 1.42 bits per heavy atom. The number of ketones is 1. The van der Waals surface area contributed by atoms with Crippen LogP contribution in [0.1, 0.15) is 16.8 Å². The number of hydrogen-bond acceptors (Lipinski definition) is 4. The molecule has 1 heterocycles. The predicted octanol–water partition coefficient (Wildman–Crippen LogP) is 0.700. The Morgan fingerprint density at radius 3 is 3.00 bits per heavy atom. The monoisotopic (exact) mass is 262 g/mol. The highest BCUT2D eigenvalue weighted by molar-refractivity contribution is 6.00. The van der Waals surface area contributed by atoms with Crippen LogP contribution in [-0.2, 0) is 4.79 Å². The van der Waals surface area contributed by atoms with Crippen LogP contribution in [0, 0.1) is 0 Å². The lowest BCUT2D eigenvalue weighted by molar-refractivity contribution is -0.121. The smallest absolute Gasteiger partial charge is 0.234 e. The zero-order chi connectivity index (χ0) is 13.7. The number of Topliss-reactive ketones (excluding diaryl/α,β-unsaturated/α-hetero) is 1. The van der Waals surface area contributed by atoms with Gasteiger partial charge in [-0.2, -0.15) is 0 Å². The highest BCUT2D eigenvalue weighted by Crippen LogP contribution is 2.18. The summed E-state index contributed by atoms with van der Waals surface area (Å²) in [5, 5.41) is 2.79. The van der Waals surface area contributed by atoms with E-state index >= 15 is 0 Å². The largest absolute Gasteiger partial charge is 0.496 e. The molecule has 0 spiro atoms. The van der Waals surface area contributed by atoms with E-state index in [-0.39, 0.29) is 24.8 Å². The van der Waals surface area contributed by atoms with Crippen LogP contribution in [0.5, 0.6) is 5.75 Å². The van der Waals surface area contributed by atoms with Gasteiger partial charge in [-0.15, -0.1) is 0 Å². The summed E-state index contributed by atoms with van der Waals surface area (Å²) < 4.78 is 5.18. The van der Waals surface area contributed by atoms with Crippen molar-refractivity contribution < 1.29 is 14.3 Å². The van der Waals surface area contributed by atoms with Crippen LogP contribution in [-0.4, -0.2) is 49.9 Å². The Labute approximate surface area is 112 Å². The van der Waals surface area contributed by atoms with Crippen LogP contribution in [0.4, 0.5) is 0 Å². The van der Waals surface area contributed by atoms with Crippen LogP contribution in [0.2, 0.25) is 0 Å². The molecule has 0 aromatic heterocycles. The molecule has 1 aromatic carbocycles. The van der Waals surface area contributed by atoms with Gasteiger partial charge < -0.3 is 10.1 Å². The fraction of sp³-hybridized carbons (Fsp3) is 0.429. The molecule has 1 N–H and O–H groups in total. The van der Waals surface area contributed by atoms with Gasteiger partial charge in [0, 0.05) is 13.1 Å². The van der Waals surface area contributed by atoms with Crippen molar-refractivity contribution in [3.05, 3.63) is 29.8 Å². The van der Waals surface area contributed by atoms with Crippen molar-refractivity contribution in [3.63, 3.8) is 0 Å². The van der Waals surface area contributed by atoms with E-state index < -0.39 is 0 Å². The number of carbonyl (C=O) groups is 2. The number of methoxy groups -OCH3 is 1. The number of amides is 1. The molecule has 1 aromatic rings. The molecule has 0 saturated carbocycles. The molecule has 102 valence electrons. The molecule has 0 unspecified atom stereocenters. The molecule has 2 rings (SSSR count). The third-order valence-corrected chi connectivity index (χ3v) is 3.12. The minimum Gasteiger partial charge on any atom is -0.496 e. The van der Waals surface area contributed by atoms with Crippen LogP contribution >= 0.6 is 0 Å². The zero-order valence-corrected chi connectivity index (χ0v) is 11.0. The number of nitrogens with one attached hydrogen (secondary N) is 1. The second kappa shape index (κ2) is 6.33. The molecule has 1 aliphatic rings. The summed E-state index contributed by atoms with van der Waals surface area (Å²) in [7, 11) is 1.55. The van der Waals surface area contributed by atoms with Crippen LogP contribution < -0.4 is 10.1 Å². The standard InChI is InChI=1S/C14H18N2O3/c1-19-13-6-3-2-5-11(13)12(17)9-16-8-4-7-15-14(18)10-16/h2-3,5-6H,4,7-10H2,1H3,(H,15,18). The van der Waals surface area contributed by atoms with Crippen LogP contribution in [0.25, 0.3) is 0 Å². The normalized spacial score (nSPS) is 16.6. The topological polar surface area (TPSA) is 58.6 Å². The highest BCUT2D eigenvalue weighted by Gasteiger charge is 2.19. The van der Waals surface area contributed by atoms with Crippen molar-refractivity contribution in [2.24, 2.45) is 0 Å². The summed E-state index contributed by atoms with van der Waals surface area (Å²) in [6, 6.07) is 7.15. The Bertz CT molecular complexity index is 474. The van der Waals surface area contributed by atoms with E-state index in [4.69, 9.17) is 4.74 Å². The molecule has 1 fully saturated rings. The molecular weight excluding hydrogens is 244 g/mol. The first-order valence-electron chi connectivity index (χ1n) is 6.36. The fourth-order valence-corrected chi connectivity index (χ4v) is 2.17. The van der Waals surface area contributed by atoms with E-state index in [9.17, 15) is 9.59 Å². The number of para-hydroxylation sites is 1. The fourth-order valence-electron chi connectivity index (χ4n) is 2.17. The lowest BCUT2D eigenvalue weighted by Crippen LogP contribution is -2.36. The molecule has 19 heavy (non-hydrogen) atoms. The molecule has 0 atom stereocenters. The maximum absolute atomic E-state index is 12.3. The first-order valence-corrected chi connectivity index (χ1v) is 6.36. The van der Waals surface area contributed by atoms with E-state index in [2.05, 4.69) is 5.32 Å². The first kappa shape index (κ1) is 13.5. The van der Waals surface area contributed by atoms with Crippen molar-refractivity contribution in [2.75, 3.05) is 33.3 Å². The quantitative estimate of drug-likeness (QED) is 0.812. The number of carbonyl (C=O) groups excluding carboxylic acids is 2. The summed E-state index contributed by atoms with van der Waals surface area (Å²) in [6.45, 7) is 1.95. The van der Waals surface area contributed by atoms with Gasteiger partial charge in [-0.3, -0.25) is 14.5 Å². The third-order valence-electron chi connectivity index (χ3n) is 3.12. The lowest BCUT2D eigenvalue weighted by Gasteiger charge is -2.18. The summed E-state index contributed by atoms with van der Waals surface area (Å²) in [6.07, 6.45) is 0.866. The van der Waals surface area contributed by atoms with Gasteiger partial charge in [-0.1, -0.05) is 12.1 Å². The summed E-state index contributed by atoms with van der Waals surface area (Å²) in [4.78, 5) is 25.6. The van der Waals surface area contributed by atoms with Gasteiger partial charge in [0.05, 0.1) is 25.8 Å². The average Bonchev–Trinajstić information content (AvgIpc) is 2.63. The van der Waals surface area contributed by atoms with Crippen molar-refractivity contribution in [3.8, 4) is 5.75 Å². The molecule has 5 heteroatoms. The molecule has 5 nitrogen and oxygen atoms in total. The van der Waals surface area contributed by atoms with Crippen LogP contribution in [0.15, 0.2) is 24.3 Å². The highest BCUT2D eigenvalue weighted by atomic mass is 16.5. The summed E-state index contributed by atoms with van der Waals surface area (Å²) in [5.41, 5.74) is 0.564. The average molecular weight is 262 g/mol. The number of rotatable bonds is 4. The number of benzene rings is 1. The molecule has 1 saturated heterocycles. The van der Waals surface area contributed by atoms with Gasteiger partial charge in [0.15, 0.2) is 5.78 Å². The van der Waals surface area contributed by atoms with Gasteiger partial charge in [0.25, 0.3) is 0 Å². The van der Waals surface area contributed by atoms with E-state index in [1.165, 1.54) is 0 Å². The van der Waals surface area contributed by atoms with E-state index in [0.717, 1.165) is 13.0 Å². The second-order valence-corrected chi connectivity index (χ2v) is 4.54. The lowest BCUT2D eigenvalue weighted by atomic mass is 10.1. The summed E-state index contributed by atoms with van der Waals surface area (Å²) >= 11 is 0. The van der Waals surface area contributed by atoms with Gasteiger partial charge in [-0.05, 0) is 18.6 Å². The van der Waals surface area contributed by atoms with Gasteiger partial charge in [0.2, 0.25) is 5.91 Å². The first-order chi connectivity index (χ1) is 9.20. The molecule has 0 aliphatic carbocycles. The Kier molecular flexibility index (Phi) is 4.52. The third kappa shape index (κ3) is 3.54. The van der Waals surface area contributed by atoms with Crippen molar-refractivity contribution >= 4 is 11.7 Å². The Morgan fingerprint density at radius 2 is 2.21 bits per heavy atom. The van der Waals surface area contributed by atoms with Crippen LogP contribution in [0.3, 0.4) is 0 Å². The number of nitrogens with zero attached hydrogens (tertiary/aromatic N) is 1. The Hall–Kier alpha value is -1.88. The van der Waals surface area contributed by atoms with E-state index in [1.807, 2.05) is 17.0 Å². The molecule has 1 amide bonds. The maximum atomic E-state index is 12.3. The van der Waals surface area contributed by atoms with Gasteiger partial charge in [-0.25, -0.2) is 0 Å². The van der Waals surface area contributed by atoms with Crippen molar-refractivity contribution in [1.82, 2.24) is 10.2 Å². The zero-order valence-electron chi connectivity index (χ0n) is 11.0. The maximum Gasteiger partial charge on any atom is 0.234 e. The summed E-state index contributed by atoms with van der Waals surface area (Å²) in [5.74, 6) is 0.532. The van der Waals surface area contributed by atoms with Crippen molar-refractivity contribution in [1.29, 1.82) is 0 Å². The number of ether oxygens (including phenoxy) is 1. The minimum atomic E-state index is -0.0228. The van der Waals surface area contributed by atoms with Gasteiger partial charge in [0.1, 0.15) is 5.75 Å².